The van der Waals surface area contributed by atoms with E-state index in [4.69, 9.17) is 0 Å². The van der Waals surface area contributed by atoms with Gasteiger partial charge >= 0.3 is 17.4 Å². The van der Waals surface area contributed by atoms with Gasteiger partial charge in [-0.05, 0) is 115 Å². The van der Waals surface area contributed by atoms with Crippen LogP contribution in [0.2, 0.25) is 0 Å². The van der Waals surface area contributed by atoms with Crippen LogP contribution in [-0.4, -0.2) is 35.6 Å². The molecule has 1 radical (unpaired) electrons. The number of nitrogens with one attached hydrogen (secondary N) is 3. The molecule has 0 aliphatic heterocycles. The summed E-state index contributed by atoms with van der Waals surface area (Å²) in [6.45, 7) is 6.76. The number of carbonyl (C=O) groups excluding carboxylic acids is 6. The molecule has 0 saturated carbocycles. The van der Waals surface area contributed by atoms with Gasteiger partial charge in [-0.15, -0.1) is 0 Å². The number of carboxylic acids is 3. The summed E-state index contributed by atoms with van der Waals surface area (Å²) >= 11 is 0. The van der Waals surface area contributed by atoms with Gasteiger partial charge in [-0.25, -0.2) is 0 Å². The Balaban J connectivity index is 0.00000128. The molecule has 0 saturated heterocycles. The maximum atomic E-state index is 12.0. The van der Waals surface area contributed by atoms with E-state index in [1.165, 1.54) is 192 Å². The van der Waals surface area contributed by atoms with Gasteiger partial charge in [0.2, 0.25) is 17.7 Å². The molecule has 0 aromatic heterocycles. The van der Waals surface area contributed by atoms with Crippen molar-refractivity contribution < 1.29 is 61.4 Å². The van der Waals surface area contributed by atoms with Crippen LogP contribution in [-0.2, 0) is 31.7 Å². The summed E-state index contributed by atoms with van der Waals surface area (Å²) in [6.07, 6.45) is 62.8. The van der Waals surface area contributed by atoms with Crippen LogP contribution in [0.25, 0.3) is 0 Å². The van der Waals surface area contributed by atoms with Gasteiger partial charge in [0.25, 0.3) is 0 Å². The van der Waals surface area contributed by atoms with E-state index in [9.17, 15) is 44.1 Å². The van der Waals surface area contributed by atoms with E-state index >= 15 is 0 Å². The number of carboxylic acid groups (broad SMARTS) is 3. The molecule has 0 spiro atoms. The first-order valence-corrected chi connectivity index (χ1v) is 34.2. The Morgan fingerprint density at radius 3 is 0.670 bits per heavy atom. The van der Waals surface area contributed by atoms with Crippen LogP contribution in [0.4, 0.5) is 17.1 Å². The Kier molecular flexibility index (Phi) is 56.2. The van der Waals surface area contributed by atoms with Crippen LogP contribution < -0.4 is 31.3 Å². The summed E-state index contributed by atoms with van der Waals surface area (Å²) in [6, 6.07) is 19.0. The van der Waals surface area contributed by atoms with E-state index in [1.54, 1.807) is 54.6 Å². The van der Waals surface area contributed by atoms with Crippen molar-refractivity contribution in [1.82, 2.24) is 0 Å². The molecule has 0 fully saturated rings. The minimum absolute atomic E-state index is 0. The third kappa shape index (κ3) is 48.2. The van der Waals surface area contributed by atoms with Crippen LogP contribution in [0, 0.1) is 0 Å². The first-order chi connectivity index (χ1) is 42.4. The summed E-state index contributed by atoms with van der Waals surface area (Å²) in [5.74, 6) is -4.25. The SMILES string of the molecule is CCCCCCCC/C=C\CCCCCCCC(=O)Nc1ccccc1C(=O)[O-].CCCCCCCC/C=C\CCCCCCCC(=O)Nc1ccccc1C(=O)[O-].CCCCCCCC/C=C\CCCCCCCC(=O)Nc1ccccc1C(=O)[O-].[Cr+3]. The zero-order valence-corrected chi connectivity index (χ0v) is 55.9. The van der Waals surface area contributed by atoms with E-state index in [1.807, 2.05) is 0 Å². The van der Waals surface area contributed by atoms with E-state index in [2.05, 4.69) is 73.2 Å². The molecular formula is C75H114CrN3O9. The van der Waals surface area contributed by atoms with Crippen molar-refractivity contribution in [2.75, 3.05) is 16.0 Å². The van der Waals surface area contributed by atoms with Gasteiger partial charge in [0, 0.05) is 53.0 Å². The van der Waals surface area contributed by atoms with Crippen molar-refractivity contribution in [1.29, 1.82) is 0 Å². The number of allylic oxidation sites excluding steroid dienone is 6. The second-order valence-electron chi connectivity index (χ2n) is 23.1. The number of unbranched alkanes of at least 4 members (excludes halogenated alkanes) is 33. The van der Waals surface area contributed by atoms with Crippen LogP contribution in [0.3, 0.4) is 0 Å². The van der Waals surface area contributed by atoms with Gasteiger partial charge in [-0.2, -0.15) is 0 Å². The molecule has 0 unspecified atom stereocenters. The van der Waals surface area contributed by atoms with Crippen LogP contribution in [0.1, 0.15) is 322 Å². The van der Waals surface area contributed by atoms with Crippen LogP contribution in [0.5, 0.6) is 0 Å². The Bertz CT molecular complexity index is 2090. The third-order valence-electron chi connectivity index (χ3n) is 15.3. The van der Waals surface area contributed by atoms with E-state index in [-0.39, 0.29) is 51.8 Å². The van der Waals surface area contributed by atoms with Gasteiger partial charge in [0.1, 0.15) is 0 Å². The van der Waals surface area contributed by atoms with E-state index in [0.29, 0.717) is 36.3 Å². The molecular weight excluding hydrogens is 1140 g/mol. The molecule has 489 valence electrons. The maximum absolute atomic E-state index is 12.0. The standard InChI is InChI=1S/3C25H39NO3.Cr/c3*1-2-3-4-5-6-7-8-9-10-11-12-13-14-15-16-21-24(27)26-23-20-18-17-19-22(23)25(28)29;/h3*9-10,17-20H,2-8,11-16,21H2,1H3,(H,26,27)(H,28,29);/q;;;+3/p-3/b3*10-9-;. The molecule has 12 nitrogen and oxygen atoms in total. The van der Waals surface area contributed by atoms with Gasteiger partial charge in [0.05, 0.1) is 17.9 Å². The number of aromatic carboxylic acids is 3. The molecule has 3 rings (SSSR count). The molecule has 0 aliphatic carbocycles. The van der Waals surface area contributed by atoms with E-state index in [0.717, 1.165) is 77.0 Å². The van der Waals surface area contributed by atoms with Crippen molar-refractivity contribution in [3.8, 4) is 0 Å². The summed E-state index contributed by atoms with van der Waals surface area (Å²) in [7, 11) is 0. The van der Waals surface area contributed by atoms with Crippen molar-refractivity contribution in [2.24, 2.45) is 0 Å². The average Bonchev–Trinajstić information content (AvgIpc) is 3.25. The number of hydrogen-bond acceptors (Lipinski definition) is 9. The molecule has 3 amide bonds. The van der Waals surface area contributed by atoms with Gasteiger partial charge in [-0.3, -0.25) is 14.4 Å². The molecule has 3 N–H and O–H groups in total. The van der Waals surface area contributed by atoms with Crippen molar-refractivity contribution in [2.45, 2.75) is 290 Å². The summed E-state index contributed by atoms with van der Waals surface area (Å²) in [5.41, 5.74) is 0.988. The predicted molar refractivity (Wildman–Crippen MR) is 357 cm³/mol. The minimum Gasteiger partial charge on any atom is -0.545 e. The number of rotatable bonds is 51. The van der Waals surface area contributed by atoms with Crippen molar-refractivity contribution in [3.63, 3.8) is 0 Å². The largest absolute Gasteiger partial charge is 3.00 e. The Labute approximate surface area is 543 Å². The normalized spacial score (nSPS) is 10.9. The minimum atomic E-state index is -1.28. The molecule has 3 aromatic carbocycles. The van der Waals surface area contributed by atoms with Gasteiger partial charge in [0.15, 0.2) is 0 Å². The number of anilines is 3. The fourth-order valence-electron chi connectivity index (χ4n) is 10.0. The molecule has 13 heteroatoms. The fourth-order valence-corrected chi connectivity index (χ4v) is 10.0. The second kappa shape index (κ2) is 60.2. The summed E-state index contributed by atoms with van der Waals surface area (Å²) < 4.78 is 0. The average molecular weight is 1250 g/mol. The number of hydrogen-bond donors (Lipinski definition) is 3. The monoisotopic (exact) mass is 1250 g/mol. The number of amides is 3. The number of para-hydroxylation sites is 3. The fraction of sp³-hybridized carbons (Fsp3) is 0.600. The Morgan fingerprint density at radius 2 is 0.466 bits per heavy atom. The predicted octanol–water partition coefficient (Wildman–Crippen LogP) is 18.1. The maximum Gasteiger partial charge on any atom is 3.00 e. The molecule has 3 aromatic rings. The van der Waals surface area contributed by atoms with Crippen LogP contribution in [0.15, 0.2) is 109 Å². The smallest absolute Gasteiger partial charge is 0.545 e. The zero-order chi connectivity index (χ0) is 63.5. The summed E-state index contributed by atoms with van der Waals surface area (Å²) in [5, 5.41) is 41.1. The number of carbonyl (C=O) groups is 6. The second-order valence-corrected chi connectivity index (χ2v) is 23.1. The van der Waals surface area contributed by atoms with E-state index < -0.39 is 17.9 Å². The van der Waals surface area contributed by atoms with Gasteiger partial charge < -0.3 is 45.7 Å². The van der Waals surface area contributed by atoms with Gasteiger partial charge in [-0.1, -0.05) is 266 Å². The molecule has 0 bridgehead atoms. The molecule has 0 aliphatic rings. The first-order valence-electron chi connectivity index (χ1n) is 34.2. The van der Waals surface area contributed by atoms with Crippen molar-refractivity contribution >= 4 is 52.7 Å². The Hall–Kier alpha value is -5.77. The first kappa shape index (κ1) is 82.2. The zero-order valence-electron chi connectivity index (χ0n) is 54.7. The molecule has 88 heavy (non-hydrogen) atoms. The number of benzene rings is 3. The van der Waals surface area contributed by atoms with Crippen molar-refractivity contribution in [3.05, 3.63) is 126 Å². The van der Waals surface area contributed by atoms with Crippen LogP contribution >= 0.6 is 0 Å². The molecule has 0 atom stereocenters. The quantitative estimate of drug-likeness (QED) is 0.0362. The Morgan fingerprint density at radius 1 is 0.284 bits per heavy atom. The summed E-state index contributed by atoms with van der Waals surface area (Å²) in [4.78, 5) is 69.1. The molecule has 0 heterocycles. The topological polar surface area (TPSA) is 208 Å². The third-order valence-corrected chi connectivity index (χ3v) is 15.3.